The number of amides is 1. The zero-order valence-electron chi connectivity index (χ0n) is 16.6. The van der Waals surface area contributed by atoms with Gasteiger partial charge in [0.05, 0.1) is 21.8 Å². The number of hydrogen-bond acceptors (Lipinski definition) is 5. The van der Waals surface area contributed by atoms with Crippen LogP contribution >= 0.6 is 0 Å². The second kappa shape index (κ2) is 8.08. The zero-order chi connectivity index (χ0) is 22.0. The highest BCUT2D eigenvalue weighted by molar-refractivity contribution is 7.90. The lowest BCUT2D eigenvalue weighted by Crippen LogP contribution is -2.12. The van der Waals surface area contributed by atoms with Crippen LogP contribution in [0.4, 0.5) is 5.69 Å². The quantitative estimate of drug-likeness (QED) is 0.465. The number of nitrogens with zero attached hydrogens (tertiary/aromatic N) is 2. The molecule has 1 aromatic heterocycles. The van der Waals surface area contributed by atoms with Crippen molar-refractivity contribution in [1.82, 2.24) is 9.78 Å². The third-order valence-corrected chi connectivity index (χ3v) is 5.82. The summed E-state index contributed by atoms with van der Waals surface area (Å²) in [6.45, 7) is 0. The Balaban J connectivity index is 1.78. The first-order valence-electron chi connectivity index (χ1n) is 9.38. The van der Waals surface area contributed by atoms with Crippen LogP contribution in [0.2, 0.25) is 0 Å². The molecule has 0 bridgehead atoms. The van der Waals surface area contributed by atoms with Crippen LogP contribution in [-0.2, 0) is 9.84 Å². The Hall–Kier alpha value is -3.91. The van der Waals surface area contributed by atoms with Crippen molar-refractivity contribution < 1.29 is 18.3 Å². The number of aromatic nitrogens is 2. The summed E-state index contributed by atoms with van der Waals surface area (Å²) >= 11 is 0. The van der Waals surface area contributed by atoms with E-state index in [1.165, 1.54) is 18.2 Å². The van der Waals surface area contributed by atoms with Crippen LogP contribution in [0, 0.1) is 0 Å². The molecular formula is C23H19N3O4S. The topological polar surface area (TPSA) is 101 Å². The third kappa shape index (κ3) is 4.34. The predicted molar refractivity (Wildman–Crippen MR) is 118 cm³/mol. The van der Waals surface area contributed by atoms with Gasteiger partial charge < -0.3 is 10.4 Å². The van der Waals surface area contributed by atoms with Gasteiger partial charge in [-0.3, -0.25) is 4.79 Å². The van der Waals surface area contributed by atoms with Crippen LogP contribution in [0.15, 0.2) is 90.0 Å². The number of carbonyl (C=O) groups is 1. The minimum absolute atomic E-state index is 0.0506. The van der Waals surface area contributed by atoms with Crippen molar-refractivity contribution in [2.45, 2.75) is 4.90 Å². The molecule has 8 heteroatoms. The molecule has 0 aliphatic heterocycles. The van der Waals surface area contributed by atoms with Gasteiger partial charge in [-0.05, 0) is 36.4 Å². The fourth-order valence-electron chi connectivity index (χ4n) is 3.10. The molecule has 0 saturated carbocycles. The van der Waals surface area contributed by atoms with Crippen molar-refractivity contribution in [1.29, 1.82) is 0 Å². The Bertz CT molecular complexity index is 1350. The Labute approximate surface area is 179 Å². The molecule has 0 spiro atoms. The van der Waals surface area contributed by atoms with Crippen molar-refractivity contribution in [3.8, 4) is 22.7 Å². The number of phenolic OH excluding ortho intramolecular Hbond substituents is 1. The monoisotopic (exact) mass is 433 g/mol. The molecule has 0 unspecified atom stereocenters. The van der Waals surface area contributed by atoms with Crippen molar-refractivity contribution >= 4 is 21.4 Å². The van der Waals surface area contributed by atoms with Gasteiger partial charge in [0.1, 0.15) is 11.4 Å². The van der Waals surface area contributed by atoms with E-state index in [0.717, 1.165) is 11.9 Å². The lowest BCUT2D eigenvalue weighted by molar-refractivity contribution is 0.102. The summed E-state index contributed by atoms with van der Waals surface area (Å²) in [6, 6.07) is 21.9. The number of anilines is 1. The summed E-state index contributed by atoms with van der Waals surface area (Å²) in [5, 5.41) is 17.3. The second-order valence-electron chi connectivity index (χ2n) is 6.94. The van der Waals surface area contributed by atoms with E-state index in [9.17, 15) is 18.3 Å². The van der Waals surface area contributed by atoms with E-state index in [1.807, 2.05) is 30.3 Å². The summed E-state index contributed by atoms with van der Waals surface area (Å²) < 4.78 is 25.1. The molecule has 0 aliphatic rings. The van der Waals surface area contributed by atoms with Gasteiger partial charge in [-0.15, -0.1) is 0 Å². The van der Waals surface area contributed by atoms with Gasteiger partial charge in [0.15, 0.2) is 9.84 Å². The van der Waals surface area contributed by atoms with Gasteiger partial charge in [0, 0.05) is 18.0 Å². The van der Waals surface area contributed by atoms with Crippen LogP contribution in [0.1, 0.15) is 10.4 Å². The fraction of sp³-hybridized carbons (Fsp3) is 0.0435. The van der Waals surface area contributed by atoms with Crippen LogP contribution < -0.4 is 5.32 Å². The molecule has 4 rings (SSSR count). The largest absolute Gasteiger partial charge is 0.506 e. The minimum Gasteiger partial charge on any atom is -0.506 e. The van der Waals surface area contributed by atoms with E-state index in [4.69, 9.17) is 0 Å². The Morgan fingerprint density at radius 1 is 0.935 bits per heavy atom. The molecule has 31 heavy (non-hydrogen) atoms. The van der Waals surface area contributed by atoms with E-state index in [-0.39, 0.29) is 21.9 Å². The first-order chi connectivity index (χ1) is 14.8. The maximum absolute atomic E-state index is 13.1. The highest BCUT2D eigenvalue weighted by Gasteiger charge is 2.20. The van der Waals surface area contributed by atoms with Crippen molar-refractivity contribution in [2.75, 3.05) is 11.6 Å². The average Bonchev–Trinajstić information content (AvgIpc) is 3.21. The van der Waals surface area contributed by atoms with Crippen molar-refractivity contribution in [3.05, 3.63) is 90.6 Å². The lowest BCUT2D eigenvalue weighted by atomic mass is 10.1. The maximum Gasteiger partial charge on any atom is 0.259 e. The molecule has 0 aliphatic carbocycles. The molecule has 0 fully saturated rings. The molecule has 2 N–H and O–H groups in total. The molecule has 4 aromatic rings. The second-order valence-corrected chi connectivity index (χ2v) is 8.96. The Kier molecular flexibility index (Phi) is 5.31. The van der Waals surface area contributed by atoms with Crippen molar-refractivity contribution in [3.63, 3.8) is 0 Å². The third-order valence-electron chi connectivity index (χ3n) is 4.69. The summed E-state index contributed by atoms with van der Waals surface area (Å²) in [4.78, 5) is 13.2. The van der Waals surface area contributed by atoms with Gasteiger partial charge >= 0.3 is 0 Å². The van der Waals surface area contributed by atoms with Gasteiger partial charge in [0.25, 0.3) is 5.91 Å². The Morgan fingerprint density at radius 3 is 2.23 bits per heavy atom. The minimum atomic E-state index is -3.34. The molecule has 0 saturated heterocycles. The number of aromatic hydroxyl groups is 1. The molecule has 7 nitrogen and oxygen atoms in total. The number of sulfone groups is 1. The molecule has 3 aromatic carbocycles. The molecule has 0 atom stereocenters. The summed E-state index contributed by atoms with van der Waals surface area (Å²) in [5.41, 5.74) is 2.29. The molecular weight excluding hydrogens is 414 g/mol. The Morgan fingerprint density at radius 2 is 1.58 bits per heavy atom. The number of phenols is 1. The fourth-order valence-corrected chi connectivity index (χ4v) is 3.73. The van der Waals surface area contributed by atoms with Gasteiger partial charge in [0.2, 0.25) is 0 Å². The summed E-state index contributed by atoms with van der Waals surface area (Å²) in [7, 11) is -3.34. The van der Waals surface area contributed by atoms with Crippen LogP contribution in [0.25, 0.3) is 16.9 Å². The number of rotatable bonds is 5. The lowest BCUT2D eigenvalue weighted by Gasteiger charge is -2.07. The van der Waals surface area contributed by atoms with Gasteiger partial charge in [-0.2, -0.15) is 5.10 Å². The van der Waals surface area contributed by atoms with Crippen molar-refractivity contribution in [2.24, 2.45) is 0 Å². The highest BCUT2D eigenvalue weighted by Crippen LogP contribution is 2.28. The normalized spacial score (nSPS) is 11.3. The van der Waals surface area contributed by atoms with Gasteiger partial charge in [-0.25, -0.2) is 13.1 Å². The van der Waals surface area contributed by atoms with Crippen LogP contribution in [0.3, 0.4) is 0 Å². The predicted octanol–water partition coefficient (Wildman–Crippen LogP) is 3.90. The first-order valence-corrected chi connectivity index (χ1v) is 11.3. The van der Waals surface area contributed by atoms with E-state index in [2.05, 4.69) is 10.4 Å². The van der Waals surface area contributed by atoms with E-state index < -0.39 is 15.7 Å². The van der Waals surface area contributed by atoms with Crippen LogP contribution in [-0.4, -0.2) is 35.5 Å². The first kappa shape index (κ1) is 20.4. The molecule has 1 amide bonds. The standard InChI is InChI=1S/C23H19N3O4S/c1-31(29,30)18-13-11-16(12-14-18)22-19(15-26(25-22)17-7-3-2-4-8-17)23(28)24-20-9-5-6-10-21(20)27/h2-15,27H,1H3,(H,24,28). The maximum atomic E-state index is 13.1. The SMILES string of the molecule is CS(=O)(=O)c1ccc(-c2nn(-c3ccccc3)cc2C(=O)Nc2ccccc2O)cc1. The van der Waals surface area contributed by atoms with Gasteiger partial charge in [-0.1, -0.05) is 42.5 Å². The number of benzene rings is 3. The average molecular weight is 433 g/mol. The number of para-hydroxylation sites is 3. The van der Waals surface area contributed by atoms with E-state index >= 15 is 0 Å². The van der Waals surface area contributed by atoms with E-state index in [1.54, 1.807) is 41.2 Å². The summed E-state index contributed by atoms with van der Waals surface area (Å²) in [6.07, 6.45) is 2.74. The van der Waals surface area contributed by atoms with Crippen LogP contribution in [0.5, 0.6) is 5.75 Å². The summed E-state index contributed by atoms with van der Waals surface area (Å²) in [5.74, 6) is -0.503. The molecule has 1 heterocycles. The smallest absolute Gasteiger partial charge is 0.259 e. The number of hydrogen-bond donors (Lipinski definition) is 2. The van der Waals surface area contributed by atoms with E-state index in [0.29, 0.717) is 11.3 Å². The molecule has 156 valence electrons. The number of nitrogens with one attached hydrogen (secondary N) is 1. The number of carbonyl (C=O) groups excluding carboxylic acids is 1. The zero-order valence-corrected chi connectivity index (χ0v) is 17.4. The highest BCUT2D eigenvalue weighted by atomic mass is 32.2. The molecule has 0 radical (unpaired) electrons.